The number of amides is 1. The average Bonchev–Trinajstić information content (AvgIpc) is 3.36. The first-order valence-electron chi connectivity index (χ1n) is 12.2. The summed E-state index contributed by atoms with van der Waals surface area (Å²) in [5.41, 5.74) is 5.97. The molecule has 0 saturated carbocycles. The van der Waals surface area contributed by atoms with E-state index < -0.39 is 4.92 Å². The number of thioether (sulfide) groups is 1. The molecule has 39 heavy (non-hydrogen) atoms. The molecule has 10 heteroatoms. The minimum atomic E-state index is -0.448. The minimum absolute atomic E-state index is 0.00497. The molecule has 0 spiro atoms. The summed E-state index contributed by atoms with van der Waals surface area (Å²) in [6.07, 6.45) is 4.45. The molecule has 4 rings (SSSR count). The second-order valence-corrected chi connectivity index (χ2v) is 10.5. The van der Waals surface area contributed by atoms with Crippen molar-refractivity contribution in [1.82, 2.24) is 20.2 Å². The fourth-order valence-corrected chi connectivity index (χ4v) is 4.48. The molecular formula is C29H28N6O3S. The lowest BCUT2D eigenvalue weighted by molar-refractivity contribution is -0.385. The Morgan fingerprint density at radius 2 is 1.72 bits per heavy atom. The van der Waals surface area contributed by atoms with Gasteiger partial charge in [0, 0.05) is 23.5 Å². The zero-order chi connectivity index (χ0) is 27.8. The summed E-state index contributed by atoms with van der Waals surface area (Å²) in [6.45, 7) is 6.51. The standard InChI is InChI=1S/C29H28N6O3S/c1-29(2,3)23-17-15-22(16-18-23)27-32-33-28(34(27)24-12-5-4-6-13-24)39-20-26(36)31-30-19-9-11-21-10-7-8-14-25(21)35(37)38/h4-19H,20H2,1-3H3,(H,31,36)/b11-9+,30-19+. The second-order valence-electron chi connectivity index (χ2n) is 9.58. The number of benzene rings is 3. The fourth-order valence-electron chi connectivity index (χ4n) is 3.74. The lowest BCUT2D eigenvalue weighted by Crippen LogP contribution is -2.19. The SMILES string of the molecule is CC(C)(C)c1ccc(-c2nnc(SCC(=O)N/N=C/C=C/c3ccccc3[N+](=O)[O-])n2-c2ccccc2)cc1. The Morgan fingerprint density at radius 1 is 1.03 bits per heavy atom. The number of nitro benzene ring substituents is 1. The van der Waals surface area contributed by atoms with Gasteiger partial charge in [-0.1, -0.05) is 87.1 Å². The van der Waals surface area contributed by atoms with Gasteiger partial charge >= 0.3 is 0 Å². The summed E-state index contributed by atoms with van der Waals surface area (Å²) in [6, 6.07) is 24.4. The van der Waals surface area contributed by atoms with Crippen molar-refractivity contribution in [3.05, 3.63) is 106 Å². The Balaban J connectivity index is 1.45. The Kier molecular flexibility index (Phi) is 8.67. The highest BCUT2D eigenvalue weighted by Crippen LogP contribution is 2.30. The molecule has 0 aliphatic rings. The predicted octanol–water partition coefficient (Wildman–Crippen LogP) is 6.05. The van der Waals surface area contributed by atoms with Gasteiger partial charge in [0.2, 0.25) is 0 Å². The van der Waals surface area contributed by atoms with Crippen molar-refractivity contribution in [2.45, 2.75) is 31.3 Å². The molecule has 0 aliphatic heterocycles. The highest BCUT2D eigenvalue weighted by atomic mass is 32.2. The van der Waals surface area contributed by atoms with Crippen molar-refractivity contribution in [3.63, 3.8) is 0 Å². The van der Waals surface area contributed by atoms with Gasteiger partial charge in [-0.2, -0.15) is 5.10 Å². The van der Waals surface area contributed by atoms with Crippen molar-refractivity contribution >= 4 is 35.6 Å². The van der Waals surface area contributed by atoms with Crippen molar-refractivity contribution < 1.29 is 9.72 Å². The van der Waals surface area contributed by atoms with E-state index in [0.717, 1.165) is 11.3 Å². The highest BCUT2D eigenvalue weighted by Gasteiger charge is 2.19. The quantitative estimate of drug-likeness (QED) is 0.120. The van der Waals surface area contributed by atoms with Gasteiger partial charge in [0.1, 0.15) is 0 Å². The van der Waals surface area contributed by atoms with Crippen LogP contribution in [0.3, 0.4) is 0 Å². The number of carbonyl (C=O) groups excluding carboxylic acids is 1. The molecule has 198 valence electrons. The summed E-state index contributed by atoms with van der Waals surface area (Å²) < 4.78 is 1.93. The number of nitrogens with one attached hydrogen (secondary N) is 1. The molecule has 0 bridgehead atoms. The van der Waals surface area contributed by atoms with Crippen LogP contribution >= 0.6 is 11.8 Å². The first-order chi connectivity index (χ1) is 18.7. The van der Waals surface area contributed by atoms with Crippen LogP contribution in [0.25, 0.3) is 23.2 Å². The number of hydrazone groups is 1. The molecule has 0 fully saturated rings. The van der Waals surface area contributed by atoms with E-state index >= 15 is 0 Å². The van der Waals surface area contributed by atoms with Crippen molar-refractivity contribution in [3.8, 4) is 17.1 Å². The molecule has 0 aliphatic carbocycles. The van der Waals surface area contributed by atoms with Crippen LogP contribution in [0.1, 0.15) is 31.9 Å². The Bertz CT molecular complexity index is 1510. The number of hydrogen-bond donors (Lipinski definition) is 1. The molecule has 1 heterocycles. The molecule has 1 amide bonds. The van der Waals surface area contributed by atoms with Gasteiger partial charge in [0.25, 0.3) is 11.6 Å². The van der Waals surface area contributed by atoms with Crippen LogP contribution in [0.5, 0.6) is 0 Å². The number of carbonyl (C=O) groups is 1. The van der Waals surface area contributed by atoms with Crippen LogP contribution in [-0.2, 0) is 10.2 Å². The number of para-hydroxylation sites is 2. The number of nitrogens with zero attached hydrogens (tertiary/aromatic N) is 5. The minimum Gasteiger partial charge on any atom is -0.272 e. The smallest absolute Gasteiger partial charge is 0.272 e. The van der Waals surface area contributed by atoms with Crippen LogP contribution in [0, 0.1) is 10.1 Å². The summed E-state index contributed by atoms with van der Waals surface area (Å²) in [5.74, 6) is 0.427. The first-order valence-corrected chi connectivity index (χ1v) is 13.2. The largest absolute Gasteiger partial charge is 0.276 e. The van der Waals surface area contributed by atoms with E-state index in [1.807, 2.05) is 47.0 Å². The third-order valence-corrected chi connectivity index (χ3v) is 6.68. The van der Waals surface area contributed by atoms with Gasteiger partial charge < -0.3 is 0 Å². The van der Waals surface area contributed by atoms with Gasteiger partial charge in [-0.25, -0.2) is 5.43 Å². The van der Waals surface area contributed by atoms with E-state index in [-0.39, 0.29) is 22.8 Å². The molecule has 9 nitrogen and oxygen atoms in total. The van der Waals surface area contributed by atoms with Gasteiger partial charge in [-0.05, 0) is 41.3 Å². The average molecular weight is 541 g/mol. The first kappa shape index (κ1) is 27.5. The lowest BCUT2D eigenvalue weighted by atomic mass is 9.87. The third kappa shape index (κ3) is 7.05. The van der Waals surface area contributed by atoms with Crippen LogP contribution in [0.2, 0.25) is 0 Å². The highest BCUT2D eigenvalue weighted by molar-refractivity contribution is 7.99. The fraction of sp³-hybridized carbons (Fsp3) is 0.172. The van der Waals surface area contributed by atoms with Crippen LogP contribution in [-0.4, -0.2) is 37.6 Å². The van der Waals surface area contributed by atoms with E-state index in [4.69, 9.17) is 0 Å². The number of hydrogen-bond acceptors (Lipinski definition) is 7. The van der Waals surface area contributed by atoms with Gasteiger partial charge in [-0.15, -0.1) is 10.2 Å². The second kappa shape index (κ2) is 12.3. The maximum absolute atomic E-state index is 12.4. The molecule has 0 atom stereocenters. The van der Waals surface area contributed by atoms with E-state index in [1.165, 1.54) is 35.7 Å². The van der Waals surface area contributed by atoms with Gasteiger partial charge in [-0.3, -0.25) is 19.5 Å². The number of rotatable bonds is 9. The van der Waals surface area contributed by atoms with Crippen LogP contribution in [0.4, 0.5) is 5.69 Å². The molecule has 4 aromatic rings. The van der Waals surface area contributed by atoms with Crippen molar-refractivity contribution in [2.75, 3.05) is 5.75 Å². The molecule has 0 saturated heterocycles. The molecule has 1 N–H and O–H groups in total. The predicted molar refractivity (Wildman–Crippen MR) is 155 cm³/mol. The van der Waals surface area contributed by atoms with Crippen molar-refractivity contribution in [2.24, 2.45) is 5.10 Å². The van der Waals surface area contributed by atoms with Gasteiger partial charge in [0.15, 0.2) is 11.0 Å². The van der Waals surface area contributed by atoms with E-state index in [0.29, 0.717) is 16.5 Å². The Morgan fingerprint density at radius 3 is 2.41 bits per heavy atom. The summed E-state index contributed by atoms with van der Waals surface area (Å²) in [4.78, 5) is 23.1. The number of aromatic nitrogens is 3. The summed E-state index contributed by atoms with van der Waals surface area (Å²) in [5, 5.41) is 24.4. The summed E-state index contributed by atoms with van der Waals surface area (Å²) in [7, 11) is 0. The van der Waals surface area contributed by atoms with Crippen molar-refractivity contribution in [1.29, 1.82) is 0 Å². The van der Waals surface area contributed by atoms with Crippen LogP contribution in [0.15, 0.2) is 95.2 Å². The summed E-state index contributed by atoms with van der Waals surface area (Å²) >= 11 is 1.25. The Hall–Kier alpha value is -4.57. The molecule has 3 aromatic carbocycles. The topological polar surface area (TPSA) is 115 Å². The third-order valence-electron chi connectivity index (χ3n) is 5.75. The zero-order valence-corrected chi connectivity index (χ0v) is 22.6. The van der Waals surface area contributed by atoms with Gasteiger partial charge in [0.05, 0.1) is 16.2 Å². The Labute approximate surface area is 230 Å². The normalized spacial score (nSPS) is 11.8. The van der Waals surface area contributed by atoms with E-state index in [2.05, 4.69) is 53.6 Å². The number of nitro groups is 1. The molecular weight excluding hydrogens is 512 g/mol. The lowest BCUT2D eigenvalue weighted by Gasteiger charge is -2.19. The molecule has 1 aromatic heterocycles. The monoisotopic (exact) mass is 540 g/mol. The van der Waals surface area contributed by atoms with E-state index in [1.54, 1.807) is 24.3 Å². The molecule has 0 radical (unpaired) electrons. The molecule has 0 unspecified atom stereocenters. The maximum atomic E-state index is 12.4. The van der Waals surface area contributed by atoms with Crippen LogP contribution < -0.4 is 5.43 Å². The number of allylic oxidation sites excluding steroid dienone is 1. The maximum Gasteiger partial charge on any atom is 0.276 e. The van der Waals surface area contributed by atoms with E-state index in [9.17, 15) is 14.9 Å². The zero-order valence-electron chi connectivity index (χ0n) is 21.8.